The van der Waals surface area contributed by atoms with Crippen LogP contribution in [0.15, 0.2) is 23.1 Å². The molecule has 0 radical (unpaired) electrons. The monoisotopic (exact) mass is 458 g/mol. The van der Waals surface area contributed by atoms with Crippen LogP contribution in [-0.4, -0.2) is 45.3 Å². The van der Waals surface area contributed by atoms with E-state index in [0.29, 0.717) is 17.0 Å². The van der Waals surface area contributed by atoms with Gasteiger partial charge in [0.1, 0.15) is 9.90 Å². The standard InChI is InChI=1S/C19H23ClN2O5S2/c1-6-13-11(3)28-18(16(13)19(24)27-7-2)21-17(23)12-8-9-14(20)15(10-12)29(25,26)22(4)5/h8-10H,6-7H2,1-5H3,(H,21,23). The van der Waals surface area contributed by atoms with E-state index in [1.165, 1.54) is 43.6 Å². The van der Waals surface area contributed by atoms with Crippen molar-refractivity contribution in [1.29, 1.82) is 0 Å². The number of benzene rings is 1. The van der Waals surface area contributed by atoms with Gasteiger partial charge in [-0.2, -0.15) is 0 Å². The van der Waals surface area contributed by atoms with Crippen LogP contribution in [0.4, 0.5) is 5.00 Å². The van der Waals surface area contributed by atoms with Crippen molar-refractivity contribution in [2.75, 3.05) is 26.0 Å². The van der Waals surface area contributed by atoms with E-state index < -0.39 is 21.9 Å². The highest BCUT2D eigenvalue weighted by Crippen LogP contribution is 2.34. The Bertz CT molecular complexity index is 1050. The maximum atomic E-state index is 12.8. The molecule has 2 aromatic rings. The van der Waals surface area contributed by atoms with Gasteiger partial charge in [-0.1, -0.05) is 18.5 Å². The van der Waals surface area contributed by atoms with Crippen LogP contribution in [0, 0.1) is 6.92 Å². The number of aryl methyl sites for hydroxylation is 1. The van der Waals surface area contributed by atoms with Crippen molar-refractivity contribution in [3.8, 4) is 0 Å². The van der Waals surface area contributed by atoms with E-state index in [4.69, 9.17) is 16.3 Å². The molecule has 158 valence electrons. The fraction of sp³-hybridized carbons (Fsp3) is 0.368. The summed E-state index contributed by atoms with van der Waals surface area (Å²) in [4.78, 5) is 26.0. The van der Waals surface area contributed by atoms with Gasteiger partial charge in [-0.15, -0.1) is 11.3 Å². The molecule has 0 aliphatic carbocycles. The van der Waals surface area contributed by atoms with Gasteiger partial charge in [-0.25, -0.2) is 17.5 Å². The number of halogens is 1. The minimum Gasteiger partial charge on any atom is -0.462 e. The maximum Gasteiger partial charge on any atom is 0.341 e. The Morgan fingerprint density at radius 2 is 1.90 bits per heavy atom. The van der Waals surface area contributed by atoms with Crippen molar-refractivity contribution in [2.24, 2.45) is 0 Å². The highest BCUT2D eigenvalue weighted by Gasteiger charge is 2.25. The molecule has 1 N–H and O–H groups in total. The molecule has 1 heterocycles. The van der Waals surface area contributed by atoms with Gasteiger partial charge in [-0.3, -0.25) is 4.79 Å². The molecule has 1 amide bonds. The predicted molar refractivity (Wildman–Crippen MR) is 115 cm³/mol. The Morgan fingerprint density at radius 3 is 2.45 bits per heavy atom. The summed E-state index contributed by atoms with van der Waals surface area (Å²) in [6.45, 7) is 5.71. The number of hydrogen-bond donors (Lipinski definition) is 1. The van der Waals surface area contributed by atoms with Gasteiger partial charge in [0.15, 0.2) is 0 Å². The van der Waals surface area contributed by atoms with Gasteiger partial charge in [0.05, 0.1) is 17.2 Å². The van der Waals surface area contributed by atoms with Gasteiger partial charge in [0.25, 0.3) is 5.91 Å². The minimum absolute atomic E-state index is 0.0164. The third-order valence-electron chi connectivity index (χ3n) is 4.22. The molecular weight excluding hydrogens is 436 g/mol. The van der Waals surface area contributed by atoms with Crippen molar-refractivity contribution in [3.63, 3.8) is 0 Å². The fourth-order valence-corrected chi connectivity index (χ4v) is 5.25. The molecular formula is C19H23ClN2O5S2. The van der Waals surface area contributed by atoms with Gasteiger partial charge < -0.3 is 10.1 Å². The Balaban J connectivity index is 2.45. The molecule has 0 bridgehead atoms. The molecule has 1 aromatic carbocycles. The number of nitrogens with one attached hydrogen (secondary N) is 1. The van der Waals surface area contributed by atoms with Crippen LogP contribution in [0.3, 0.4) is 0 Å². The van der Waals surface area contributed by atoms with Crippen LogP contribution in [0.2, 0.25) is 5.02 Å². The van der Waals surface area contributed by atoms with E-state index in [2.05, 4.69) is 5.32 Å². The van der Waals surface area contributed by atoms with Crippen LogP contribution in [-0.2, 0) is 21.2 Å². The van der Waals surface area contributed by atoms with Crippen LogP contribution in [0.1, 0.15) is 45.0 Å². The van der Waals surface area contributed by atoms with Crippen LogP contribution >= 0.6 is 22.9 Å². The van der Waals surface area contributed by atoms with Gasteiger partial charge in [-0.05, 0) is 44.0 Å². The number of ether oxygens (including phenoxy) is 1. The topological polar surface area (TPSA) is 92.8 Å². The summed E-state index contributed by atoms with van der Waals surface area (Å²) in [6.07, 6.45) is 0.610. The molecule has 0 fully saturated rings. The number of rotatable bonds is 7. The Hall–Kier alpha value is -1.94. The number of esters is 1. The quantitative estimate of drug-likeness (QED) is 0.634. The molecule has 29 heavy (non-hydrogen) atoms. The van der Waals surface area contributed by atoms with Gasteiger partial charge in [0, 0.05) is 24.5 Å². The second kappa shape index (κ2) is 9.25. The molecule has 1 aromatic heterocycles. The van der Waals surface area contributed by atoms with Crippen molar-refractivity contribution < 1.29 is 22.7 Å². The van der Waals surface area contributed by atoms with E-state index in [1.807, 2.05) is 13.8 Å². The van der Waals surface area contributed by atoms with Gasteiger partial charge >= 0.3 is 5.97 Å². The molecule has 0 saturated heterocycles. The fourth-order valence-electron chi connectivity index (χ4n) is 2.73. The number of thiophene rings is 1. The van der Waals surface area contributed by atoms with Crippen LogP contribution < -0.4 is 5.32 Å². The molecule has 7 nitrogen and oxygen atoms in total. The summed E-state index contributed by atoms with van der Waals surface area (Å²) < 4.78 is 31.0. The zero-order valence-electron chi connectivity index (χ0n) is 16.8. The second-order valence-electron chi connectivity index (χ2n) is 6.30. The molecule has 0 aliphatic heterocycles. The summed E-state index contributed by atoms with van der Waals surface area (Å²) in [7, 11) is -1.06. The molecule has 0 unspecified atom stereocenters. The Labute approximate surface area is 179 Å². The Kier molecular flexibility index (Phi) is 7.45. The predicted octanol–water partition coefficient (Wildman–Crippen LogP) is 3.95. The van der Waals surface area contributed by atoms with Crippen molar-refractivity contribution in [2.45, 2.75) is 32.1 Å². The number of carbonyl (C=O) groups excluding carboxylic acids is 2. The lowest BCUT2D eigenvalue weighted by Gasteiger charge is -2.14. The molecule has 2 rings (SSSR count). The summed E-state index contributed by atoms with van der Waals surface area (Å²) in [6, 6.07) is 4.01. The zero-order chi connectivity index (χ0) is 21.9. The smallest absolute Gasteiger partial charge is 0.341 e. The minimum atomic E-state index is -3.82. The zero-order valence-corrected chi connectivity index (χ0v) is 19.2. The summed E-state index contributed by atoms with van der Waals surface area (Å²) in [5, 5.41) is 3.10. The Morgan fingerprint density at radius 1 is 1.24 bits per heavy atom. The lowest BCUT2D eigenvalue weighted by atomic mass is 10.1. The number of hydrogen-bond acceptors (Lipinski definition) is 6. The van der Waals surface area contributed by atoms with Crippen LogP contribution in [0.25, 0.3) is 0 Å². The second-order valence-corrected chi connectivity index (χ2v) is 10.1. The van der Waals surface area contributed by atoms with Gasteiger partial charge in [0.2, 0.25) is 10.0 Å². The average Bonchev–Trinajstić information content (AvgIpc) is 2.96. The van der Waals surface area contributed by atoms with E-state index >= 15 is 0 Å². The third-order valence-corrected chi connectivity index (χ3v) is 7.58. The first-order valence-electron chi connectivity index (χ1n) is 8.87. The van der Waals surface area contributed by atoms with Crippen molar-refractivity contribution >= 4 is 49.8 Å². The average molecular weight is 459 g/mol. The molecule has 0 spiro atoms. The summed E-state index contributed by atoms with van der Waals surface area (Å²) >= 11 is 7.31. The van der Waals surface area contributed by atoms with E-state index in [1.54, 1.807) is 6.92 Å². The molecule has 0 atom stereocenters. The highest BCUT2D eigenvalue weighted by molar-refractivity contribution is 7.89. The lowest BCUT2D eigenvalue weighted by Crippen LogP contribution is -2.23. The molecule has 10 heteroatoms. The largest absolute Gasteiger partial charge is 0.462 e. The van der Waals surface area contributed by atoms with E-state index in [-0.39, 0.29) is 22.1 Å². The summed E-state index contributed by atoms with van der Waals surface area (Å²) in [5.74, 6) is -1.05. The van der Waals surface area contributed by atoms with E-state index in [9.17, 15) is 18.0 Å². The third kappa shape index (κ3) is 4.80. The maximum absolute atomic E-state index is 12.8. The number of anilines is 1. The van der Waals surface area contributed by atoms with Crippen molar-refractivity contribution in [3.05, 3.63) is 44.8 Å². The normalized spacial score (nSPS) is 11.6. The first kappa shape index (κ1) is 23.3. The van der Waals surface area contributed by atoms with E-state index in [0.717, 1.165) is 14.7 Å². The number of carbonyl (C=O) groups is 2. The first-order chi connectivity index (χ1) is 13.5. The molecule has 0 aliphatic rings. The first-order valence-corrected chi connectivity index (χ1v) is 11.5. The summed E-state index contributed by atoms with van der Waals surface area (Å²) in [5.41, 5.74) is 1.25. The number of amides is 1. The molecule has 0 saturated carbocycles. The van der Waals surface area contributed by atoms with Crippen molar-refractivity contribution in [1.82, 2.24) is 4.31 Å². The number of sulfonamides is 1. The lowest BCUT2D eigenvalue weighted by molar-refractivity contribution is 0.0527. The van der Waals surface area contributed by atoms with Crippen LogP contribution in [0.5, 0.6) is 0 Å². The SMILES string of the molecule is CCOC(=O)c1c(NC(=O)c2ccc(Cl)c(S(=O)(=O)N(C)C)c2)sc(C)c1CC. The highest BCUT2D eigenvalue weighted by atomic mass is 35.5. The number of nitrogens with zero attached hydrogens (tertiary/aromatic N) is 1.